The van der Waals surface area contributed by atoms with E-state index in [1.165, 1.54) is 12.1 Å². The maximum absolute atomic E-state index is 11.4. The molecule has 3 N–H and O–H groups in total. The van der Waals surface area contributed by atoms with E-state index in [1.807, 2.05) is 18.2 Å². The van der Waals surface area contributed by atoms with Crippen LogP contribution < -0.4 is 15.2 Å². The number of benzene rings is 2. The Balaban J connectivity index is 1.93. The van der Waals surface area contributed by atoms with Gasteiger partial charge in [0.1, 0.15) is 5.75 Å². The molecule has 2 aromatic rings. The minimum atomic E-state index is -0.559. The fourth-order valence-electron chi connectivity index (χ4n) is 2.22. The number of hydrogen-bond acceptors (Lipinski definition) is 4. The van der Waals surface area contributed by atoms with Crippen molar-refractivity contribution in [2.75, 3.05) is 6.79 Å². The van der Waals surface area contributed by atoms with Crippen LogP contribution in [0.15, 0.2) is 36.4 Å². The molecule has 0 fully saturated rings. The van der Waals surface area contributed by atoms with Crippen molar-refractivity contribution in [3.63, 3.8) is 0 Å². The van der Waals surface area contributed by atoms with Gasteiger partial charge in [-0.3, -0.25) is 4.79 Å². The number of phenols is 1. The first kappa shape index (κ1) is 12.3. The Bertz CT molecular complexity index is 682. The van der Waals surface area contributed by atoms with Crippen LogP contribution in [0, 0.1) is 0 Å². The Morgan fingerprint density at radius 1 is 1.15 bits per heavy atom. The maximum Gasteiger partial charge on any atom is 0.249 e. The van der Waals surface area contributed by atoms with Crippen LogP contribution in [0.1, 0.15) is 21.5 Å². The van der Waals surface area contributed by atoms with E-state index >= 15 is 0 Å². The highest BCUT2D eigenvalue weighted by molar-refractivity contribution is 5.94. The van der Waals surface area contributed by atoms with Crippen molar-refractivity contribution >= 4 is 5.91 Å². The third-order valence-electron chi connectivity index (χ3n) is 3.19. The zero-order chi connectivity index (χ0) is 14.1. The summed E-state index contributed by atoms with van der Waals surface area (Å²) in [5.41, 5.74) is 7.39. The molecule has 0 saturated heterocycles. The molecule has 0 radical (unpaired) electrons. The second-order valence-corrected chi connectivity index (χ2v) is 4.57. The number of nitrogens with two attached hydrogens (primary N) is 1. The van der Waals surface area contributed by atoms with Gasteiger partial charge in [0.15, 0.2) is 11.5 Å². The number of hydrogen-bond donors (Lipinski definition) is 2. The van der Waals surface area contributed by atoms with Crippen molar-refractivity contribution in [1.29, 1.82) is 0 Å². The van der Waals surface area contributed by atoms with Gasteiger partial charge in [0, 0.05) is 5.56 Å². The molecule has 5 nitrogen and oxygen atoms in total. The SMILES string of the molecule is NC(=O)c1cc(O)ccc1Cc1ccc2c(c1)OCO2. The van der Waals surface area contributed by atoms with E-state index in [1.54, 1.807) is 6.07 Å². The molecule has 0 unspecified atom stereocenters. The highest BCUT2D eigenvalue weighted by Gasteiger charge is 2.15. The van der Waals surface area contributed by atoms with Crippen LogP contribution in [0.5, 0.6) is 17.2 Å². The van der Waals surface area contributed by atoms with Crippen LogP contribution in [-0.4, -0.2) is 17.8 Å². The molecular weight excluding hydrogens is 258 g/mol. The van der Waals surface area contributed by atoms with Crippen molar-refractivity contribution in [3.05, 3.63) is 53.1 Å². The Morgan fingerprint density at radius 2 is 1.95 bits per heavy atom. The first-order valence-corrected chi connectivity index (χ1v) is 6.14. The number of amides is 1. The summed E-state index contributed by atoms with van der Waals surface area (Å²) in [6, 6.07) is 10.2. The molecule has 0 atom stereocenters. The molecule has 1 aliphatic rings. The zero-order valence-corrected chi connectivity index (χ0v) is 10.6. The van der Waals surface area contributed by atoms with Gasteiger partial charge in [-0.05, 0) is 41.8 Å². The van der Waals surface area contributed by atoms with Crippen molar-refractivity contribution in [2.24, 2.45) is 5.73 Å². The Morgan fingerprint density at radius 3 is 2.75 bits per heavy atom. The number of carbonyl (C=O) groups excluding carboxylic acids is 1. The summed E-state index contributed by atoms with van der Waals surface area (Å²) < 4.78 is 10.6. The lowest BCUT2D eigenvalue weighted by Gasteiger charge is -2.08. The highest BCUT2D eigenvalue weighted by Crippen LogP contribution is 2.33. The van der Waals surface area contributed by atoms with Crippen LogP contribution in [0.3, 0.4) is 0 Å². The van der Waals surface area contributed by atoms with E-state index in [4.69, 9.17) is 15.2 Å². The normalized spacial score (nSPS) is 12.4. The average molecular weight is 271 g/mol. The largest absolute Gasteiger partial charge is 0.508 e. The van der Waals surface area contributed by atoms with Crippen LogP contribution >= 0.6 is 0 Å². The fourth-order valence-corrected chi connectivity index (χ4v) is 2.22. The average Bonchev–Trinajstić information content (AvgIpc) is 2.88. The third kappa shape index (κ3) is 2.25. The molecule has 1 amide bonds. The van der Waals surface area contributed by atoms with Crippen molar-refractivity contribution in [1.82, 2.24) is 0 Å². The van der Waals surface area contributed by atoms with Gasteiger partial charge in [-0.2, -0.15) is 0 Å². The standard InChI is InChI=1S/C15H13NO4/c16-15(18)12-7-11(17)3-2-10(12)5-9-1-4-13-14(6-9)20-8-19-13/h1-4,6-7,17H,5,8H2,(H2,16,18). The third-order valence-corrected chi connectivity index (χ3v) is 3.19. The number of rotatable bonds is 3. The predicted molar refractivity (Wildman–Crippen MR) is 72.0 cm³/mol. The smallest absolute Gasteiger partial charge is 0.249 e. The summed E-state index contributed by atoms with van der Waals surface area (Å²) in [5.74, 6) is 0.876. The lowest BCUT2D eigenvalue weighted by Crippen LogP contribution is -2.13. The topological polar surface area (TPSA) is 81.8 Å². The molecule has 1 heterocycles. The molecule has 0 saturated carbocycles. The molecule has 2 aromatic carbocycles. The molecule has 0 aliphatic carbocycles. The van der Waals surface area contributed by atoms with Gasteiger partial charge in [-0.1, -0.05) is 12.1 Å². The number of ether oxygens (including phenoxy) is 2. The molecule has 5 heteroatoms. The quantitative estimate of drug-likeness (QED) is 0.892. The van der Waals surface area contributed by atoms with Gasteiger partial charge in [-0.25, -0.2) is 0 Å². The Hall–Kier alpha value is -2.69. The van der Waals surface area contributed by atoms with Crippen LogP contribution in [0.25, 0.3) is 0 Å². The summed E-state index contributed by atoms with van der Waals surface area (Å²) in [6.07, 6.45) is 0.523. The highest BCUT2D eigenvalue weighted by atomic mass is 16.7. The lowest BCUT2D eigenvalue weighted by molar-refractivity contribution is 0.0999. The second-order valence-electron chi connectivity index (χ2n) is 4.57. The van der Waals surface area contributed by atoms with Crippen molar-refractivity contribution in [3.8, 4) is 17.2 Å². The van der Waals surface area contributed by atoms with E-state index < -0.39 is 5.91 Å². The number of fused-ring (bicyclic) bond motifs is 1. The maximum atomic E-state index is 11.4. The summed E-state index contributed by atoms with van der Waals surface area (Å²) in [7, 11) is 0. The van der Waals surface area contributed by atoms with Gasteiger partial charge in [-0.15, -0.1) is 0 Å². The van der Waals surface area contributed by atoms with Crippen LogP contribution in [-0.2, 0) is 6.42 Å². The summed E-state index contributed by atoms with van der Waals surface area (Å²) in [6.45, 7) is 0.227. The molecule has 3 rings (SSSR count). The lowest BCUT2D eigenvalue weighted by atomic mass is 9.99. The minimum absolute atomic E-state index is 0.0215. The molecule has 0 aromatic heterocycles. The van der Waals surface area contributed by atoms with Gasteiger partial charge in [0.25, 0.3) is 0 Å². The van der Waals surface area contributed by atoms with E-state index in [0.717, 1.165) is 16.9 Å². The zero-order valence-electron chi connectivity index (χ0n) is 10.6. The molecule has 0 spiro atoms. The second kappa shape index (κ2) is 4.77. The van der Waals surface area contributed by atoms with E-state index in [2.05, 4.69) is 0 Å². The number of primary amides is 1. The molecule has 20 heavy (non-hydrogen) atoms. The fraction of sp³-hybridized carbons (Fsp3) is 0.133. The predicted octanol–water partition coefficient (Wildman–Crippen LogP) is 1.81. The van der Waals surface area contributed by atoms with Crippen molar-refractivity contribution < 1.29 is 19.4 Å². The first-order chi connectivity index (χ1) is 9.63. The number of carbonyl (C=O) groups is 1. The van der Waals surface area contributed by atoms with Crippen LogP contribution in [0.2, 0.25) is 0 Å². The van der Waals surface area contributed by atoms with Gasteiger partial charge in [0.05, 0.1) is 0 Å². The van der Waals surface area contributed by atoms with E-state index in [9.17, 15) is 9.90 Å². The number of phenolic OH excluding ortho intramolecular Hbond substituents is 1. The Kier molecular flexibility index (Phi) is 2.95. The van der Waals surface area contributed by atoms with E-state index in [-0.39, 0.29) is 12.5 Å². The Labute approximate surface area is 115 Å². The monoisotopic (exact) mass is 271 g/mol. The summed E-state index contributed by atoms with van der Waals surface area (Å²) >= 11 is 0. The molecule has 1 aliphatic heterocycles. The van der Waals surface area contributed by atoms with Gasteiger partial charge < -0.3 is 20.3 Å². The minimum Gasteiger partial charge on any atom is -0.508 e. The van der Waals surface area contributed by atoms with Crippen LogP contribution in [0.4, 0.5) is 0 Å². The number of aromatic hydroxyl groups is 1. The van der Waals surface area contributed by atoms with Gasteiger partial charge in [0.2, 0.25) is 12.7 Å². The first-order valence-electron chi connectivity index (χ1n) is 6.14. The molecule has 0 bridgehead atoms. The molecule has 102 valence electrons. The summed E-state index contributed by atoms with van der Waals surface area (Å²) in [5, 5.41) is 9.44. The van der Waals surface area contributed by atoms with Crippen molar-refractivity contribution in [2.45, 2.75) is 6.42 Å². The van der Waals surface area contributed by atoms with Gasteiger partial charge >= 0.3 is 0 Å². The molecular formula is C15H13NO4. The van der Waals surface area contributed by atoms with E-state index in [0.29, 0.717) is 17.7 Å². The summed E-state index contributed by atoms with van der Waals surface area (Å²) in [4.78, 5) is 11.4.